The number of thiocarbonyl (C=S) groups is 1. The zero-order valence-electron chi connectivity index (χ0n) is 13.3. The number of para-hydroxylation sites is 1. The Morgan fingerprint density at radius 2 is 2.04 bits per heavy atom. The third-order valence-electron chi connectivity index (χ3n) is 4.67. The summed E-state index contributed by atoms with van der Waals surface area (Å²) in [6.07, 6.45) is 0.756. The quantitative estimate of drug-likeness (QED) is 0.686. The third kappa shape index (κ3) is 2.36. The van der Waals surface area contributed by atoms with Crippen LogP contribution in [0.5, 0.6) is 5.75 Å². The Morgan fingerprint density at radius 3 is 2.79 bits per heavy atom. The maximum absolute atomic E-state index is 6.37. The minimum Gasteiger partial charge on any atom is -0.466 e. The number of nitrogens with zero attached hydrogens (tertiary/aromatic N) is 1. The van der Waals surface area contributed by atoms with Crippen molar-refractivity contribution in [3.05, 3.63) is 57.6 Å². The number of halogens is 2. The van der Waals surface area contributed by atoms with Crippen LogP contribution in [-0.4, -0.2) is 10.8 Å². The summed E-state index contributed by atoms with van der Waals surface area (Å²) in [4.78, 5) is 1.98. The summed E-state index contributed by atoms with van der Waals surface area (Å²) in [7, 11) is 0. The van der Waals surface area contributed by atoms with E-state index >= 15 is 0 Å². The first-order valence-electron chi connectivity index (χ1n) is 7.73. The van der Waals surface area contributed by atoms with Gasteiger partial charge in [0.05, 0.1) is 11.1 Å². The molecule has 2 bridgehead atoms. The molecule has 124 valence electrons. The average molecular weight is 379 g/mol. The maximum atomic E-state index is 6.37. The molecule has 1 N–H and O–H groups in total. The lowest BCUT2D eigenvalue weighted by Crippen LogP contribution is -2.65. The smallest absolute Gasteiger partial charge is 0.188 e. The molecule has 0 aliphatic carbocycles. The normalized spacial score (nSPS) is 24.9. The van der Waals surface area contributed by atoms with E-state index in [0.29, 0.717) is 15.2 Å². The summed E-state index contributed by atoms with van der Waals surface area (Å²) in [5, 5.41) is 5.35. The number of anilines is 1. The van der Waals surface area contributed by atoms with Crippen LogP contribution in [0, 0.1) is 6.92 Å². The molecule has 2 aromatic rings. The second-order valence-electron chi connectivity index (χ2n) is 6.41. The number of benzene rings is 2. The second kappa shape index (κ2) is 5.51. The molecule has 3 nitrogen and oxygen atoms in total. The van der Waals surface area contributed by atoms with E-state index in [0.717, 1.165) is 29.0 Å². The van der Waals surface area contributed by atoms with Crippen molar-refractivity contribution >= 4 is 46.2 Å². The fourth-order valence-electron chi connectivity index (χ4n) is 3.46. The third-order valence-corrected chi connectivity index (χ3v) is 5.67. The van der Waals surface area contributed by atoms with Crippen LogP contribution < -0.4 is 15.0 Å². The minimum absolute atomic E-state index is 0.0853. The first-order valence-corrected chi connectivity index (χ1v) is 8.90. The molecule has 0 spiro atoms. The predicted molar refractivity (Wildman–Crippen MR) is 102 cm³/mol. The van der Waals surface area contributed by atoms with Gasteiger partial charge in [-0.15, -0.1) is 0 Å². The molecule has 2 aliphatic heterocycles. The number of rotatable bonds is 1. The van der Waals surface area contributed by atoms with Crippen molar-refractivity contribution in [3.63, 3.8) is 0 Å². The molecule has 1 fully saturated rings. The molecular formula is C18H16Cl2N2OS. The summed E-state index contributed by atoms with van der Waals surface area (Å²) in [6.45, 7) is 4.01. The van der Waals surface area contributed by atoms with E-state index in [2.05, 4.69) is 5.32 Å². The molecule has 2 heterocycles. The molecule has 4 rings (SSSR count). The fourth-order valence-corrected chi connectivity index (χ4v) is 4.30. The van der Waals surface area contributed by atoms with E-state index in [4.69, 9.17) is 40.2 Å². The molecule has 0 amide bonds. The van der Waals surface area contributed by atoms with E-state index < -0.39 is 5.72 Å². The predicted octanol–water partition coefficient (Wildman–Crippen LogP) is 5.24. The van der Waals surface area contributed by atoms with Crippen molar-refractivity contribution in [1.82, 2.24) is 5.32 Å². The van der Waals surface area contributed by atoms with Gasteiger partial charge in [-0.05, 0) is 49.8 Å². The molecule has 1 saturated heterocycles. The zero-order valence-corrected chi connectivity index (χ0v) is 15.6. The highest BCUT2D eigenvalue weighted by Gasteiger charge is 2.48. The van der Waals surface area contributed by atoms with Crippen LogP contribution in [-0.2, 0) is 0 Å². The van der Waals surface area contributed by atoms with Crippen LogP contribution in [0.4, 0.5) is 5.69 Å². The van der Waals surface area contributed by atoms with Crippen molar-refractivity contribution < 1.29 is 4.74 Å². The molecular weight excluding hydrogens is 363 g/mol. The van der Waals surface area contributed by atoms with Crippen LogP contribution in [0.2, 0.25) is 10.0 Å². The Morgan fingerprint density at radius 1 is 1.25 bits per heavy atom. The number of fused-ring (bicyclic) bond motifs is 4. The lowest BCUT2D eigenvalue weighted by Gasteiger charge is -2.52. The highest BCUT2D eigenvalue weighted by atomic mass is 35.5. The second-order valence-corrected chi connectivity index (χ2v) is 7.61. The summed E-state index contributed by atoms with van der Waals surface area (Å²) in [5.74, 6) is 0.719. The minimum atomic E-state index is -0.621. The molecule has 6 heteroatoms. The summed E-state index contributed by atoms with van der Waals surface area (Å²) < 4.78 is 6.35. The number of hydrogen-bond acceptors (Lipinski definition) is 2. The van der Waals surface area contributed by atoms with E-state index in [1.807, 2.05) is 55.1 Å². The molecule has 0 saturated carbocycles. The fraction of sp³-hybridized carbons (Fsp3) is 0.278. The molecule has 0 radical (unpaired) electrons. The Kier molecular flexibility index (Phi) is 3.68. The first-order chi connectivity index (χ1) is 11.4. The molecule has 2 aromatic carbocycles. The van der Waals surface area contributed by atoms with Gasteiger partial charge in [-0.3, -0.25) is 4.90 Å². The molecule has 0 aromatic heterocycles. The molecule has 2 aliphatic rings. The van der Waals surface area contributed by atoms with Gasteiger partial charge < -0.3 is 10.1 Å². The van der Waals surface area contributed by atoms with Gasteiger partial charge in [0.25, 0.3) is 0 Å². The van der Waals surface area contributed by atoms with E-state index in [9.17, 15) is 0 Å². The van der Waals surface area contributed by atoms with E-state index in [-0.39, 0.29) is 6.04 Å². The lowest BCUT2D eigenvalue weighted by atomic mass is 9.90. The Bertz CT molecular complexity index is 857. The number of nitrogens with one attached hydrogen (secondary N) is 1. The SMILES string of the molecule is Cc1ccc(N2C(=S)NC3CC2(C)Oc2c(Cl)cccc23)cc1Cl. The lowest BCUT2D eigenvalue weighted by molar-refractivity contribution is 0.0499. The summed E-state index contributed by atoms with van der Waals surface area (Å²) >= 11 is 18.3. The van der Waals surface area contributed by atoms with Crippen LogP contribution in [0.25, 0.3) is 0 Å². The molecule has 2 atom stereocenters. The van der Waals surface area contributed by atoms with E-state index in [1.54, 1.807) is 0 Å². The number of ether oxygens (including phenoxy) is 1. The number of hydrogen-bond donors (Lipinski definition) is 1. The van der Waals surface area contributed by atoms with Crippen LogP contribution in [0.1, 0.15) is 30.5 Å². The van der Waals surface area contributed by atoms with Crippen molar-refractivity contribution in [2.75, 3.05) is 4.90 Å². The van der Waals surface area contributed by atoms with Crippen molar-refractivity contribution in [2.24, 2.45) is 0 Å². The van der Waals surface area contributed by atoms with Crippen molar-refractivity contribution in [3.8, 4) is 5.75 Å². The average Bonchev–Trinajstić information content (AvgIpc) is 2.51. The van der Waals surface area contributed by atoms with Gasteiger partial charge in [0.1, 0.15) is 5.75 Å². The highest BCUT2D eigenvalue weighted by molar-refractivity contribution is 7.80. The van der Waals surface area contributed by atoms with Gasteiger partial charge in [0.2, 0.25) is 0 Å². The van der Waals surface area contributed by atoms with Gasteiger partial charge in [0.15, 0.2) is 10.8 Å². The Labute approximate surface area is 156 Å². The van der Waals surface area contributed by atoms with E-state index in [1.165, 1.54) is 0 Å². The standard InChI is InChI=1S/C18H16Cl2N2OS/c1-10-6-7-11(8-14(10)20)22-17(24)21-15-9-18(22,2)23-16-12(15)4-3-5-13(16)19/h3-8,15H,9H2,1-2H3,(H,21,24). The van der Waals surface area contributed by atoms with Gasteiger partial charge in [-0.25, -0.2) is 0 Å². The molecule has 24 heavy (non-hydrogen) atoms. The van der Waals surface area contributed by atoms with Gasteiger partial charge >= 0.3 is 0 Å². The van der Waals surface area contributed by atoms with Crippen molar-refractivity contribution in [1.29, 1.82) is 0 Å². The van der Waals surface area contributed by atoms with Gasteiger partial charge in [-0.1, -0.05) is 41.4 Å². The monoisotopic (exact) mass is 378 g/mol. The van der Waals surface area contributed by atoms with Crippen molar-refractivity contribution in [2.45, 2.75) is 32.0 Å². The van der Waals surface area contributed by atoms with Gasteiger partial charge in [-0.2, -0.15) is 0 Å². The Balaban J connectivity index is 1.83. The van der Waals surface area contributed by atoms with Crippen LogP contribution >= 0.6 is 35.4 Å². The van der Waals surface area contributed by atoms with Crippen LogP contribution in [0.3, 0.4) is 0 Å². The first kappa shape index (κ1) is 16.0. The Hall–Kier alpha value is -1.49. The topological polar surface area (TPSA) is 24.5 Å². The molecule has 2 unspecified atom stereocenters. The van der Waals surface area contributed by atoms with Gasteiger partial charge in [0, 0.05) is 22.7 Å². The number of aryl methyl sites for hydroxylation is 1. The zero-order chi connectivity index (χ0) is 17.1. The summed E-state index contributed by atoms with van der Waals surface area (Å²) in [6, 6.07) is 11.8. The van der Waals surface area contributed by atoms with Crippen LogP contribution in [0.15, 0.2) is 36.4 Å². The summed E-state index contributed by atoms with van der Waals surface area (Å²) in [5.41, 5.74) is 2.35. The maximum Gasteiger partial charge on any atom is 0.188 e. The highest BCUT2D eigenvalue weighted by Crippen LogP contribution is 2.48. The largest absolute Gasteiger partial charge is 0.466 e.